The van der Waals surface area contributed by atoms with E-state index in [0.717, 1.165) is 11.3 Å². The van der Waals surface area contributed by atoms with E-state index in [1.165, 1.54) is 16.9 Å². The molecule has 0 saturated heterocycles. The number of carbonyl (C=O) groups is 1. The second kappa shape index (κ2) is 6.14. The van der Waals surface area contributed by atoms with E-state index in [1.807, 2.05) is 0 Å². The van der Waals surface area contributed by atoms with Gasteiger partial charge in [0.05, 0.1) is 18.7 Å². The molecule has 1 amide bonds. The van der Waals surface area contributed by atoms with E-state index in [4.69, 9.17) is 4.52 Å². The Kier molecular flexibility index (Phi) is 4.29. The second-order valence-corrected chi connectivity index (χ2v) is 4.41. The summed E-state index contributed by atoms with van der Waals surface area (Å²) in [6.07, 6.45) is 1.76. The Bertz CT molecular complexity index is 640. The van der Waals surface area contributed by atoms with Crippen LogP contribution in [0.25, 0.3) is 0 Å². The van der Waals surface area contributed by atoms with Gasteiger partial charge in [0.15, 0.2) is 0 Å². The van der Waals surface area contributed by atoms with Gasteiger partial charge in [0, 0.05) is 24.4 Å². The quantitative estimate of drug-likeness (QED) is 0.843. The van der Waals surface area contributed by atoms with Crippen molar-refractivity contribution in [2.45, 2.75) is 26.8 Å². The fourth-order valence-electron chi connectivity index (χ4n) is 1.83. The van der Waals surface area contributed by atoms with E-state index < -0.39 is 0 Å². The Morgan fingerprint density at radius 2 is 2.25 bits per heavy atom. The van der Waals surface area contributed by atoms with Gasteiger partial charge in [0.1, 0.15) is 5.76 Å². The minimum atomic E-state index is -0.188. The van der Waals surface area contributed by atoms with Gasteiger partial charge in [0.2, 0.25) is 5.91 Å². The number of hydrogen-bond acceptors (Lipinski definition) is 5. The average Bonchev–Trinajstić information content (AvgIpc) is 2.73. The molecule has 0 saturated carbocycles. The molecule has 1 N–H and O–H groups in total. The predicted molar refractivity (Wildman–Crippen MR) is 71.2 cm³/mol. The molecule has 0 bridgehead atoms. The normalized spacial score (nSPS) is 10.5. The van der Waals surface area contributed by atoms with Crippen LogP contribution >= 0.6 is 0 Å². The molecule has 20 heavy (non-hydrogen) atoms. The third-order valence-corrected chi connectivity index (χ3v) is 2.95. The molecule has 2 rings (SSSR count). The highest BCUT2D eigenvalue weighted by atomic mass is 16.5. The van der Waals surface area contributed by atoms with Gasteiger partial charge in [-0.3, -0.25) is 9.59 Å². The van der Waals surface area contributed by atoms with Gasteiger partial charge in [-0.2, -0.15) is 5.10 Å². The van der Waals surface area contributed by atoms with Crippen LogP contribution in [0.4, 0.5) is 0 Å². The molecule has 2 aromatic rings. The molecule has 0 aromatic carbocycles. The lowest BCUT2D eigenvalue weighted by molar-refractivity contribution is -0.120. The molecule has 0 radical (unpaired) electrons. The highest BCUT2D eigenvalue weighted by molar-refractivity contribution is 5.78. The van der Waals surface area contributed by atoms with Crippen molar-refractivity contribution in [1.29, 1.82) is 0 Å². The first-order valence-corrected chi connectivity index (χ1v) is 6.28. The van der Waals surface area contributed by atoms with E-state index in [1.54, 1.807) is 19.9 Å². The van der Waals surface area contributed by atoms with Crippen molar-refractivity contribution in [3.63, 3.8) is 0 Å². The maximum absolute atomic E-state index is 11.8. The highest BCUT2D eigenvalue weighted by Crippen LogP contribution is 2.12. The number of nitrogens with one attached hydrogen (secondary N) is 1. The first-order chi connectivity index (χ1) is 9.58. The van der Waals surface area contributed by atoms with Crippen molar-refractivity contribution in [3.05, 3.63) is 45.7 Å². The fraction of sp³-hybridized carbons (Fsp3) is 0.385. The van der Waals surface area contributed by atoms with E-state index in [2.05, 4.69) is 15.6 Å². The van der Waals surface area contributed by atoms with Crippen molar-refractivity contribution < 1.29 is 9.32 Å². The summed E-state index contributed by atoms with van der Waals surface area (Å²) in [7, 11) is 0. The average molecular weight is 276 g/mol. The summed E-state index contributed by atoms with van der Waals surface area (Å²) < 4.78 is 6.30. The minimum Gasteiger partial charge on any atom is -0.361 e. The van der Waals surface area contributed by atoms with Gasteiger partial charge in [-0.05, 0) is 19.9 Å². The van der Waals surface area contributed by atoms with Crippen LogP contribution < -0.4 is 10.9 Å². The highest BCUT2D eigenvalue weighted by Gasteiger charge is 2.12. The van der Waals surface area contributed by atoms with Crippen molar-refractivity contribution in [3.8, 4) is 0 Å². The van der Waals surface area contributed by atoms with Gasteiger partial charge < -0.3 is 9.84 Å². The number of hydrogen-bond donors (Lipinski definition) is 1. The van der Waals surface area contributed by atoms with Gasteiger partial charge in [0.25, 0.3) is 5.56 Å². The molecular formula is C13H16N4O3. The molecule has 7 nitrogen and oxygen atoms in total. The molecule has 0 spiro atoms. The molecule has 0 fully saturated rings. The van der Waals surface area contributed by atoms with Crippen LogP contribution in [-0.4, -0.2) is 27.4 Å². The van der Waals surface area contributed by atoms with Crippen LogP contribution in [0.15, 0.2) is 27.6 Å². The molecule has 0 aliphatic carbocycles. The molecule has 2 aromatic heterocycles. The van der Waals surface area contributed by atoms with E-state index in [0.29, 0.717) is 18.8 Å². The second-order valence-electron chi connectivity index (χ2n) is 4.41. The Morgan fingerprint density at radius 3 is 2.90 bits per heavy atom. The third kappa shape index (κ3) is 3.31. The van der Waals surface area contributed by atoms with E-state index in [-0.39, 0.29) is 17.9 Å². The first-order valence-electron chi connectivity index (χ1n) is 6.28. The van der Waals surface area contributed by atoms with Gasteiger partial charge >= 0.3 is 0 Å². The molecule has 0 aliphatic heterocycles. The zero-order chi connectivity index (χ0) is 14.5. The van der Waals surface area contributed by atoms with Crippen molar-refractivity contribution in [2.75, 3.05) is 6.54 Å². The smallest absolute Gasteiger partial charge is 0.266 e. The Hall–Kier alpha value is -2.44. The largest absolute Gasteiger partial charge is 0.361 e. The molecule has 0 aliphatic rings. The zero-order valence-corrected chi connectivity index (χ0v) is 11.4. The summed E-state index contributed by atoms with van der Waals surface area (Å²) in [6, 6.07) is 3.01. The van der Waals surface area contributed by atoms with Crippen LogP contribution in [0.1, 0.15) is 17.0 Å². The lowest BCUT2D eigenvalue weighted by atomic mass is 10.1. The summed E-state index contributed by atoms with van der Waals surface area (Å²) in [5.41, 5.74) is 1.34. The van der Waals surface area contributed by atoms with Crippen molar-refractivity contribution in [2.24, 2.45) is 0 Å². The SMILES string of the molecule is Cc1noc(C)c1CC(=O)NCCn1ncccc1=O. The first kappa shape index (κ1) is 14.0. The molecular weight excluding hydrogens is 260 g/mol. The fourth-order valence-corrected chi connectivity index (χ4v) is 1.83. The number of nitrogens with zero attached hydrogens (tertiary/aromatic N) is 3. The summed E-state index contributed by atoms with van der Waals surface area (Å²) in [4.78, 5) is 23.2. The van der Waals surface area contributed by atoms with E-state index in [9.17, 15) is 9.59 Å². The van der Waals surface area contributed by atoms with Crippen LogP contribution in [0.5, 0.6) is 0 Å². The summed E-state index contributed by atoms with van der Waals surface area (Å²) in [5, 5.41) is 10.4. The molecule has 106 valence electrons. The Balaban J connectivity index is 1.85. The summed E-state index contributed by atoms with van der Waals surface area (Å²) in [6.45, 7) is 4.26. The van der Waals surface area contributed by atoms with Gasteiger partial charge in [-0.15, -0.1) is 0 Å². The number of rotatable bonds is 5. The molecule has 0 atom stereocenters. The maximum Gasteiger partial charge on any atom is 0.266 e. The summed E-state index contributed by atoms with van der Waals surface area (Å²) >= 11 is 0. The van der Waals surface area contributed by atoms with Crippen LogP contribution in [0.2, 0.25) is 0 Å². The molecule has 7 heteroatoms. The molecule has 0 unspecified atom stereocenters. The Morgan fingerprint density at radius 1 is 1.45 bits per heavy atom. The van der Waals surface area contributed by atoms with Crippen molar-refractivity contribution >= 4 is 5.91 Å². The number of aromatic nitrogens is 3. The van der Waals surface area contributed by atoms with Gasteiger partial charge in [-0.1, -0.05) is 5.16 Å². The van der Waals surface area contributed by atoms with Crippen LogP contribution in [-0.2, 0) is 17.8 Å². The topological polar surface area (TPSA) is 90.0 Å². The summed E-state index contributed by atoms with van der Waals surface area (Å²) in [5.74, 6) is 0.516. The third-order valence-electron chi connectivity index (χ3n) is 2.95. The van der Waals surface area contributed by atoms with Gasteiger partial charge in [-0.25, -0.2) is 4.68 Å². The minimum absolute atomic E-state index is 0.136. The monoisotopic (exact) mass is 276 g/mol. The number of amides is 1. The Labute approximate surface area is 115 Å². The maximum atomic E-state index is 11.8. The number of carbonyl (C=O) groups excluding carboxylic acids is 1. The molecule has 2 heterocycles. The lowest BCUT2D eigenvalue weighted by Gasteiger charge is -2.06. The predicted octanol–water partition coefficient (Wildman–Crippen LogP) is 0.207. The lowest BCUT2D eigenvalue weighted by Crippen LogP contribution is -2.32. The van der Waals surface area contributed by atoms with E-state index >= 15 is 0 Å². The zero-order valence-electron chi connectivity index (χ0n) is 11.4. The van der Waals surface area contributed by atoms with Crippen LogP contribution in [0, 0.1) is 13.8 Å². The number of aryl methyl sites for hydroxylation is 2. The standard InChI is InChI=1S/C13H16N4O3/c1-9-11(10(2)20-16-9)8-12(18)14-6-7-17-13(19)4-3-5-15-17/h3-5H,6-8H2,1-2H3,(H,14,18). The van der Waals surface area contributed by atoms with Crippen molar-refractivity contribution in [1.82, 2.24) is 20.3 Å². The van der Waals surface area contributed by atoms with Crippen LogP contribution in [0.3, 0.4) is 0 Å².